The van der Waals surface area contributed by atoms with Crippen molar-refractivity contribution < 1.29 is 9.53 Å². The van der Waals surface area contributed by atoms with Crippen molar-refractivity contribution in [2.24, 2.45) is 0 Å². The van der Waals surface area contributed by atoms with E-state index in [0.29, 0.717) is 17.2 Å². The van der Waals surface area contributed by atoms with Gasteiger partial charge in [0.2, 0.25) is 0 Å². The normalized spacial score (nSPS) is 23.0. The number of carbonyl (C=O) groups is 1. The smallest absolute Gasteiger partial charge is 0.253 e. The monoisotopic (exact) mass is 299 g/mol. The van der Waals surface area contributed by atoms with Crippen molar-refractivity contribution in [1.82, 2.24) is 9.80 Å². The van der Waals surface area contributed by atoms with E-state index in [1.54, 1.807) is 24.3 Å². The van der Waals surface area contributed by atoms with Gasteiger partial charge in [-0.1, -0.05) is 6.07 Å². The molecule has 1 atom stereocenters. The van der Waals surface area contributed by atoms with Crippen LogP contribution in [0.2, 0.25) is 0 Å². The molecule has 3 rings (SSSR count). The predicted octanol–water partition coefficient (Wildman–Crippen LogP) is 1.50. The lowest BCUT2D eigenvalue weighted by Gasteiger charge is -2.26. The first-order valence-electron chi connectivity index (χ1n) is 7.89. The minimum absolute atomic E-state index is 0.0293. The van der Waals surface area contributed by atoms with Crippen LogP contribution >= 0.6 is 0 Å². The van der Waals surface area contributed by atoms with E-state index in [-0.39, 0.29) is 5.91 Å². The summed E-state index contributed by atoms with van der Waals surface area (Å²) in [5.41, 5.74) is 1.14. The van der Waals surface area contributed by atoms with Gasteiger partial charge < -0.3 is 9.64 Å². The summed E-state index contributed by atoms with van der Waals surface area (Å²) in [7, 11) is 0. The Hall–Kier alpha value is -1.90. The van der Waals surface area contributed by atoms with E-state index in [9.17, 15) is 4.79 Å². The summed E-state index contributed by atoms with van der Waals surface area (Å²) in [5.74, 6) is 0.0293. The van der Waals surface area contributed by atoms with E-state index >= 15 is 0 Å². The van der Waals surface area contributed by atoms with Crippen LogP contribution in [0, 0.1) is 11.3 Å². The Morgan fingerprint density at radius 1 is 1.27 bits per heavy atom. The molecule has 0 radical (unpaired) electrons. The van der Waals surface area contributed by atoms with Gasteiger partial charge in [-0.25, -0.2) is 0 Å². The number of nitriles is 1. The number of nitrogens with zero attached hydrogens (tertiary/aromatic N) is 3. The number of ether oxygens (including phenoxy) is 1. The quantitative estimate of drug-likeness (QED) is 0.830. The van der Waals surface area contributed by atoms with Crippen molar-refractivity contribution in [3.8, 4) is 6.07 Å². The first-order valence-corrected chi connectivity index (χ1v) is 7.89. The minimum atomic E-state index is 0.0293. The van der Waals surface area contributed by atoms with Crippen LogP contribution in [-0.2, 0) is 4.74 Å². The summed E-state index contributed by atoms with van der Waals surface area (Å²) in [6.45, 7) is 5.11. The second kappa shape index (κ2) is 6.91. The molecule has 116 valence electrons. The number of hydrogen-bond acceptors (Lipinski definition) is 4. The van der Waals surface area contributed by atoms with Gasteiger partial charge in [0.1, 0.15) is 0 Å². The molecule has 2 heterocycles. The first-order chi connectivity index (χ1) is 10.8. The molecule has 1 aromatic rings. The van der Waals surface area contributed by atoms with Crippen molar-refractivity contribution in [2.75, 3.05) is 39.4 Å². The Morgan fingerprint density at radius 2 is 2.18 bits per heavy atom. The Balaban J connectivity index is 1.64. The van der Waals surface area contributed by atoms with Crippen molar-refractivity contribution in [1.29, 1.82) is 5.26 Å². The summed E-state index contributed by atoms with van der Waals surface area (Å²) in [4.78, 5) is 17.0. The van der Waals surface area contributed by atoms with Gasteiger partial charge in [-0.3, -0.25) is 9.69 Å². The molecule has 1 aromatic carbocycles. The lowest BCUT2D eigenvalue weighted by atomic mass is 10.1. The van der Waals surface area contributed by atoms with Crippen molar-refractivity contribution in [2.45, 2.75) is 18.9 Å². The fourth-order valence-corrected chi connectivity index (χ4v) is 3.22. The molecule has 0 spiro atoms. The van der Waals surface area contributed by atoms with Gasteiger partial charge >= 0.3 is 0 Å². The number of amides is 1. The van der Waals surface area contributed by atoms with Crippen molar-refractivity contribution >= 4 is 5.91 Å². The van der Waals surface area contributed by atoms with E-state index in [2.05, 4.69) is 11.0 Å². The van der Waals surface area contributed by atoms with E-state index in [1.165, 1.54) is 0 Å². The fourth-order valence-electron chi connectivity index (χ4n) is 3.22. The highest BCUT2D eigenvalue weighted by Gasteiger charge is 2.27. The third-order valence-electron chi connectivity index (χ3n) is 4.48. The molecule has 0 aromatic heterocycles. The molecule has 5 heteroatoms. The second-order valence-electron chi connectivity index (χ2n) is 5.89. The summed E-state index contributed by atoms with van der Waals surface area (Å²) < 4.78 is 5.47. The molecule has 22 heavy (non-hydrogen) atoms. The maximum Gasteiger partial charge on any atom is 0.253 e. The number of hydrogen-bond donors (Lipinski definition) is 0. The van der Waals surface area contributed by atoms with Crippen LogP contribution in [-0.4, -0.2) is 61.1 Å². The van der Waals surface area contributed by atoms with Crippen LogP contribution in [0.15, 0.2) is 24.3 Å². The van der Waals surface area contributed by atoms with Gasteiger partial charge in [-0.15, -0.1) is 0 Å². The third kappa shape index (κ3) is 3.29. The number of benzene rings is 1. The Bertz CT molecular complexity index is 576. The van der Waals surface area contributed by atoms with Crippen LogP contribution in [0.4, 0.5) is 0 Å². The minimum Gasteiger partial charge on any atom is -0.380 e. The zero-order valence-corrected chi connectivity index (χ0v) is 12.7. The summed E-state index contributed by atoms with van der Waals surface area (Å²) in [6.07, 6.45) is 2.08. The second-order valence-corrected chi connectivity index (χ2v) is 5.89. The molecule has 0 N–H and O–H groups in total. The molecule has 5 nitrogen and oxygen atoms in total. The maximum absolute atomic E-state index is 12.6. The van der Waals surface area contributed by atoms with Gasteiger partial charge in [0, 0.05) is 44.4 Å². The SMILES string of the molecule is N#Cc1cccc(C(=O)N2CCCN([C@H]3CCOC3)CC2)c1. The van der Waals surface area contributed by atoms with Crippen molar-refractivity contribution in [3.05, 3.63) is 35.4 Å². The largest absolute Gasteiger partial charge is 0.380 e. The number of carbonyl (C=O) groups excluding carboxylic acids is 1. The lowest BCUT2D eigenvalue weighted by molar-refractivity contribution is 0.0756. The van der Waals surface area contributed by atoms with Crippen LogP contribution in [0.25, 0.3) is 0 Å². The summed E-state index contributed by atoms with van der Waals surface area (Å²) in [6, 6.07) is 9.56. The average molecular weight is 299 g/mol. The molecule has 0 bridgehead atoms. The highest BCUT2D eigenvalue weighted by atomic mass is 16.5. The van der Waals surface area contributed by atoms with Crippen LogP contribution in [0.1, 0.15) is 28.8 Å². The molecule has 2 aliphatic rings. The first kappa shape index (κ1) is 15.0. The third-order valence-corrected chi connectivity index (χ3v) is 4.48. The van der Waals surface area contributed by atoms with Crippen molar-refractivity contribution in [3.63, 3.8) is 0 Å². The molecule has 1 amide bonds. The predicted molar refractivity (Wildman–Crippen MR) is 82.5 cm³/mol. The van der Waals surface area contributed by atoms with Gasteiger partial charge in [-0.2, -0.15) is 5.26 Å². The number of rotatable bonds is 2. The standard InChI is InChI=1S/C17H21N3O2/c18-12-14-3-1-4-15(11-14)17(21)20-7-2-6-19(8-9-20)16-5-10-22-13-16/h1,3-4,11,16H,2,5-10,13H2/t16-/m0/s1. The highest BCUT2D eigenvalue weighted by molar-refractivity contribution is 5.94. The molecular weight excluding hydrogens is 278 g/mol. The lowest BCUT2D eigenvalue weighted by Crippen LogP contribution is -2.39. The van der Waals surface area contributed by atoms with E-state index < -0.39 is 0 Å². The average Bonchev–Trinajstić information content (AvgIpc) is 2.99. The highest BCUT2D eigenvalue weighted by Crippen LogP contribution is 2.16. The fraction of sp³-hybridized carbons (Fsp3) is 0.529. The zero-order chi connectivity index (χ0) is 15.4. The molecule has 2 fully saturated rings. The van der Waals surface area contributed by atoms with Gasteiger partial charge in [0.25, 0.3) is 5.91 Å². The van der Waals surface area contributed by atoms with Crippen LogP contribution < -0.4 is 0 Å². The Labute approximate surface area is 131 Å². The topological polar surface area (TPSA) is 56.6 Å². The molecule has 0 aliphatic carbocycles. The molecule has 2 aliphatic heterocycles. The zero-order valence-electron chi connectivity index (χ0n) is 12.7. The molecule has 0 unspecified atom stereocenters. The Kier molecular flexibility index (Phi) is 4.71. The van der Waals surface area contributed by atoms with Crippen LogP contribution in [0.5, 0.6) is 0 Å². The van der Waals surface area contributed by atoms with Gasteiger partial charge in [0.15, 0.2) is 0 Å². The molecular formula is C17H21N3O2. The summed E-state index contributed by atoms with van der Waals surface area (Å²) >= 11 is 0. The van der Waals surface area contributed by atoms with Gasteiger partial charge in [-0.05, 0) is 31.0 Å². The van der Waals surface area contributed by atoms with Gasteiger partial charge in [0.05, 0.1) is 18.2 Å². The van der Waals surface area contributed by atoms with E-state index in [1.807, 2.05) is 4.90 Å². The molecule has 0 saturated carbocycles. The van der Waals surface area contributed by atoms with E-state index in [4.69, 9.17) is 10.00 Å². The van der Waals surface area contributed by atoms with Crippen LogP contribution in [0.3, 0.4) is 0 Å². The maximum atomic E-state index is 12.6. The van der Waals surface area contributed by atoms with E-state index in [0.717, 1.165) is 52.2 Å². The summed E-state index contributed by atoms with van der Waals surface area (Å²) in [5, 5.41) is 8.96. The molecule has 2 saturated heterocycles. The Morgan fingerprint density at radius 3 is 2.95 bits per heavy atom.